The maximum Gasteiger partial charge on any atom is 0.339 e. The van der Waals surface area contributed by atoms with Gasteiger partial charge < -0.3 is 14.8 Å². The zero-order valence-corrected chi connectivity index (χ0v) is 25.3. The van der Waals surface area contributed by atoms with E-state index in [4.69, 9.17) is 9.47 Å². The number of methoxy groups -OCH3 is 1. The predicted molar refractivity (Wildman–Crippen MR) is 168 cm³/mol. The molecule has 0 spiro atoms. The third kappa shape index (κ3) is 6.47. The average Bonchev–Trinajstić information content (AvgIpc) is 3.48. The Morgan fingerprint density at radius 1 is 0.810 bits per heavy atom. The average molecular weight is 602 g/mol. The highest BCUT2D eigenvalue weighted by Crippen LogP contribution is 2.51. The summed E-state index contributed by atoms with van der Waals surface area (Å²) >= 11 is 1.81. The molecule has 0 aromatic heterocycles. The van der Waals surface area contributed by atoms with Crippen LogP contribution in [0.4, 0.5) is 0 Å². The minimum atomic E-state index is -3.72. The van der Waals surface area contributed by atoms with Gasteiger partial charge in [-0.25, -0.2) is 13.2 Å². The Balaban J connectivity index is 1.49. The molecule has 1 N–H and O–H groups in total. The van der Waals surface area contributed by atoms with Crippen molar-refractivity contribution in [2.24, 2.45) is 0 Å². The van der Waals surface area contributed by atoms with Gasteiger partial charge in [-0.15, -0.1) is 11.8 Å². The Bertz CT molecular complexity index is 1450. The van der Waals surface area contributed by atoms with Crippen LogP contribution >= 0.6 is 11.8 Å². The number of esters is 1. The summed E-state index contributed by atoms with van der Waals surface area (Å²) in [6, 6.07) is 39.6. The zero-order valence-electron chi connectivity index (χ0n) is 23.6. The standard InChI is InChI=1S/C34H35NO5S2/c1-39-32(36)31(25-15-7-3-8-16-25)40-33(42(2,37)38)30-23-29(24-35-30)41-34(26-17-9-4-10-18-26,27-19-11-5-12-20-27)28-21-13-6-14-22-28/h3-22,29-31,33,35H,23-24H2,1-2H3. The van der Waals surface area contributed by atoms with Crippen LogP contribution in [0.5, 0.6) is 0 Å². The van der Waals surface area contributed by atoms with Crippen LogP contribution in [0.2, 0.25) is 0 Å². The normalized spacial score (nSPS) is 18.7. The number of hydrogen-bond acceptors (Lipinski definition) is 7. The largest absolute Gasteiger partial charge is 0.467 e. The highest BCUT2D eigenvalue weighted by Gasteiger charge is 2.45. The monoisotopic (exact) mass is 601 g/mol. The number of rotatable bonds is 11. The molecular weight excluding hydrogens is 567 g/mol. The molecule has 42 heavy (non-hydrogen) atoms. The fourth-order valence-corrected chi connectivity index (χ4v) is 8.55. The van der Waals surface area contributed by atoms with Gasteiger partial charge in [0.15, 0.2) is 21.4 Å². The maximum absolute atomic E-state index is 13.1. The third-order valence-electron chi connectivity index (χ3n) is 7.55. The Labute approximate surface area is 252 Å². The first-order chi connectivity index (χ1) is 20.3. The topological polar surface area (TPSA) is 81.7 Å². The predicted octanol–water partition coefficient (Wildman–Crippen LogP) is 5.74. The van der Waals surface area contributed by atoms with E-state index in [1.807, 2.05) is 36.0 Å². The van der Waals surface area contributed by atoms with Crippen molar-refractivity contribution in [2.45, 2.75) is 34.0 Å². The van der Waals surface area contributed by atoms with Gasteiger partial charge in [-0.2, -0.15) is 0 Å². The number of carbonyl (C=O) groups is 1. The SMILES string of the molecule is COC(=O)C(OC(C1CC(SC(c2ccccc2)(c2ccccc2)c2ccccc2)CN1)S(C)(=O)=O)c1ccccc1. The van der Waals surface area contributed by atoms with Gasteiger partial charge in [-0.1, -0.05) is 121 Å². The van der Waals surface area contributed by atoms with Gasteiger partial charge in [-0.3, -0.25) is 0 Å². The van der Waals surface area contributed by atoms with E-state index in [0.717, 1.165) is 22.9 Å². The van der Waals surface area contributed by atoms with E-state index in [1.54, 1.807) is 24.3 Å². The van der Waals surface area contributed by atoms with Crippen molar-refractivity contribution in [3.8, 4) is 0 Å². The Kier molecular flexibility index (Phi) is 9.48. The summed E-state index contributed by atoms with van der Waals surface area (Å²) in [6.45, 7) is 0.577. The van der Waals surface area contributed by atoms with Crippen LogP contribution in [-0.4, -0.2) is 51.0 Å². The van der Waals surface area contributed by atoms with Gasteiger partial charge in [0.1, 0.15) is 0 Å². The van der Waals surface area contributed by atoms with Crippen molar-refractivity contribution in [3.63, 3.8) is 0 Å². The Morgan fingerprint density at radius 3 is 1.69 bits per heavy atom. The molecule has 4 unspecified atom stereocenters. The fourth-order valence-electron chi connectivity index (χ4n) is 5.64. The number of ether oxygens (including phenoxy) is 2. The number of hydrogen-bond donors (Lipinski definition) is 1. The Morgan fingerprint density at radius 2 is 1.26 bits per heavy atom. The molecule has 4 aromatic carbocycles. The van der Waals surface area contributed by atoms with Crippen LogP contribution in [0.15, 0.2) is 121 Å². The van der Waals surface area contributed by atoms with E-state index in [0.29, 0.717) is 18.5 Å². The van der Waals surface area contributed by atoms with E-state index in [-0.39, 0.29) is 5.25 Å². The molecule has 1 aliphatic rings. The summed E-state index contributed by atoms with van der Waals surface area (Å²) in [7, 11) is -2.45. The van der Waals surface area contributed by atoms with E-state index < -0.39 is 38.1 Å². The molecule has 8 heteroatoms. The first-order valence-corrected chi connectivity index (χ1v) is 16.7. The zero-order chi connectivity index (χ0) is 29.6. The van der Waals surface area contributed by atoms with Crippen molar-refractivity contribution in [1.29, 1.82) is 0 Å². The lowest BCUT2D eigenvalue weighted by Crippen LogP contribution is -2.43. The molecule has 0 radical (unpaired) electrons. The van der Waals surface area contributed by atoms with Gasteiger partial charge in [-0.05, 0) is 28.7 Å². The van der Waals surface area contributed by atoms with Gasteiger partial charge in [0, 0.05) is 24.1 Å². The molecule has 1 saturated heterocycles. The van der Waals surface area contributed by atoms with Crippen LogP contribution < -0.4 is 5.32 Å². The van der Waals surface area contributed by atoms with Crippen LogP contribution in [0.25, 0.3) is 0 Å². The molecule has 218 valence electrons. The van der Waals surface area contributed by atoms with Crippen LogP contribution in [0.1, 0.15) is 34.8 Å². The highest BCUT2D eigenvalue weighted by atomic mass is 32.2. The second-order valence-corrected chi connectivity index (χ2v) is 14.1. The number of benzene rings is 4. The summed E-state index contributed by atoms with van der Waals surface area (Å²) in [4.78, 5) is 12.7. The molecule has 1 aliphatic heterocycles. The molecular formula is C34H35NO5S2. The van der Waals surface area contributed by atoms with E-state index in [9.17, 15) is 13.2 Å². The molecule has 0 saturated carbocycles. The molecule has 4 atom stereocenters. The van der Waals surface area contributed by atoms with Crippen molar-refractivity contribution < 1.29 is 22.7 Å². The maximum atomic E-state index is 13.1. The van der Waals surface area contributed by atoms with Crippen molar-refractivity contribution >= 4 is 27.6 Å². The lowest BCUT2D eigenvalue weighted by Gasteiger charge is -2.37. The Hall–Kier alpha value is -3.43. The van der Waals surface area contributed by atoms with Crippen molar-refractivity contribution in [2.75, 3.05) is 19.9 Å². The first-order valence-electron chi connectivity index (χ1n) is 13.9. The van der Waals surface area contributed by atoms with E-state index in [1.165, 1.54) is 7.11 Å². The number of carbonyl (C=O) groups excluding carboxylic acids is 1. The third-order valence-corrected chi connectivity index (χ3v) is 10.6. The molecule has 5 rings (SSSR count). The molecule has 0 amide bonds. The van der Waals surface area contributed by atoms with Crippen molar-refractivity contribution in [3.05, 3.63) is 144 Å². The van der Waals surface area contributed by atoms with Crippen LogP contribution in [0, 0.1) is 0 Å². The minimum Gasteiger partial charge on any atom is -0.467 e. The van der Waals surface area contributed by atoms with Gasteiger partial charge in [0.25, 0.3) is 0 Å². The summed E-state index contributed by atoms with van der Waals surface area (Å²) in [5.41, 5.74) is 2.72. The second-order valence-electron chi connectivity index (χ2n) is 10.4. The van der Waals surface area contributed by atoms with Gasteiger partial charge >= 0.3 is 5.97 Å². The van der Waals surface area contributed by atoms with Gasteiger partial charge in [0.2, 0.25) is 0 Å². The molecule has 0 aliphatic carbocycles. The lowest BCUT2D eigenvalue weighted by atomic mass is 9.84. The highest BCUT2D eigenvalue weighted by molar-refractivity contribution is 8.01. The van der Waals surface area contributed by atoms with E-state index >= 15 is 0 Å². The first kappa shape index (κ1) is 30.0. The van der Waals surface area contributed by atoms with Crippen molar-refractivity contribution in [1.82, 2.24) is 5.32 Å². The lowest BCUT2D eigenvalue weighted by molar-refractivity contribution is -0.156. The summed E-state index contributed by atoms with van der Waals surface area (Å²) in [6.07, 6.45) is 0.516. The quantitative estimate of drug-likeness (QED) is 0.173. The number of nitrogens with one attached hydrogen (secondary N) is 1. The van der Waals surface area contributed by atoms with E-state index in [2.05, 4.69) is 78.1 Å². The molecule has 1 heterocycles. The smallest absolute Gasteiger partial charge is 0.339 e. The molecule has 6 nitrogen and oxygen atoms in total. The fraction of sp³-hybridized carbons (Fsp3) is 0.265. The van der Waals surface area contributed by atoms with Gasteiger partial charge in [0.05, 0.1) is 11.9 Å². The molecule has 0 bridgehead atoms. The molecule has 4 aromatic rings. The second kappa shape index (κ2) is 13.3. The summed E-state index contributed by atoms with van der Waals surface area (Å²) in [5, 5.41) is 3.47. The summed E-state index contributed by atoms with van der Waals surface area (Å²) < 4.78 is 36.9. The van der Waals surface area contributed by atoms with Crippen LogP contribution in [0.3, 0.4) is 0 Å². The summed E-state index contributed by atoms with van der Waals surface area (Å²) in [5.74, 6) is -0.643. The van der Waals surface area contributed by atoms with Crippen LogP contribution in [-0.2, 0) is 28.9 Å². The minimum absolute atomic E-state index is 0.0387. The number of sulfone groups is 1. The molecule has 1 fully saturated rings. The number of thioether (sulfide) groups is 1.